The minimum Gasteiger partial charge on any atom is -0.318 e. The molecule has 0 aliphatic heterocycles. The maximum atomic E-state index is 8.40. The van der Waals surface area contributed by atoms with E-state index in [4.69, 9.17) is 13.1 Å². The third-order valence-corrected chi connectivity index (χ3v) is 11.1. The summed E-state index contributed by atoms with van der Waals surface area (Å²) in [5.74, 6) is 0. The molecule has 0 aliphatic carbocycles. The molecule has 0 atom stereocenters. The molecular weight excluding hydrogens is 671 g/mol. The summed E-state index contributed by atoms with van der Waals surface area (Å²) >= 11 is 0. The fourth-order valence-corrected chi connectivity index (χ4v) is 8.80. The number of hydrogen-bond acceptors (Lipinski definition) is 0. The summed E-state index contributed by atoms with van der Waals surface area (Å²) in [6.07, 6.45) is 0. The van der Waals surface area contributed by atoms with Gasteiger partial charge in [-0.05, 0) is 65.5 Å². The third kappa shape index (κ3) is 4.39. The molecule has 0 aliphatic rings. The van der Waals surface area contributed by atoms with Gasteiger partial charge in [0.2, 0.25) is 5.69 Å². The first kappa shape index (κ1) is 30.7. The number of rotatable bonds is 4. The molecule has 254 valence electrons. The van der Waals surface area contributed by atoms with Crippen molar-refractivity contribution in [1.29, 1.82) is 0 Å². The van der Waals surface area contributed by atoms with Crippen LogP contribution in [0, 0.1) is 13.1 Å². The fraction of sp³-hybridized carbons (Fsp3) is 0. The van der Waals surface area contributed by atoms with E-state index in [9.17, 15) is 0 Å². The Morgan fingerprint density at radius 3 is 1.49 bits per heavy atom. The Morgan fingerprint density at radius 1 is 0.345 bits per heavy atom. The summed E-state index contributed by atoms with van der Waals surface area (Å²) < 4.78 is 6.95. The van der Waals surface area contributed by atoms with Crippen LogP contribution < -0.4 is 0 Å². The van der Waals surface area contributed by atoms with Gasteiger partial charge >= 0.3 is 0 Å². The van der Waals surface area contributed by atoms with E-state index < -0.39 is 0 Å². The Bertz CT molecular complexity index is 3360. The second-order valence-corrected chi connectivity index (χ2v) is 13.9. The van der Waals surface area contributed by atoms with Gasteiger partial charge in [0.1, 0.15) is 0 Å². The normalized spacial score (nSPS) is 11.6. The summed E-state index contributed by atoms with van der Waals surface area (Å²) in [4.78, 5) is 7.93. The average molecular weight is 700 g/mol. The van der Waals surface area contributed by atoms with E-state index in [1.807, 2.05) is 24.3 Å². The molecule has 0 radical (unpaired) electrons. The van der Waals surface area contributed by atoms with Crippen LogP contribution in [0.1, 0.15) is 0 Å². The summed E-state index contributed by atoms with van der Waals surface area (Å²) in [7, 11) is 0. The van der Waals surface area contributed by atoms with E-state index in [0.29, 0.717) is 11.4 Å². The molecule has 11 rings (SSSR count). The molecule has 5 nitrogen and oxygen atoms in total. The number of para-hydroxylation sites is 6. The zero-order valence-corrected chi connectivity index (χ0v) is 29.5. The van der Waals surface area contributed by atoms with Crippen LogP contribution in [-0.2, 0) is 0 Å². The highest BCUT2D eigenvalue weighted by molar-refractivity contribution is 6.14. The zero-order valence-electron chi connectivity index (χ0n) is 29.5. The van der Waals surface area contributed by atoms with Crippen LogP contribution in [0.3, 0.4) is 0 Å². The Kier molecular flexibility index (Phi) is 6.61. The highest BCUT2D eigenvalue weighted by Crippen LogP contribution is 2.44. The zero-order chi connectivity index (χ0) is 36.6. The molecule has 0 spiro atoms. The van der Waals surface area contributed by atoms with E-state index >= 15 is 0 Å². The van der Waals surface area contributed by atoms with Crippen LogP contribution in [0.4, 0.5) is 11.4 Å². The van der Waals surface area contributed by atoms with Gasteiger partial charge < -0.3 is 13.7 Å². The lowest BCUT2D eigenvalue weighted by Crippen LogP contribution is -2.02. The first-order valence-corrected chi connectivity index (χ1v) is 18.3. The Morgan fingerprint density at radius 2 is 0.873 bits per heavy atom. The first-order chi connectivity index (χ1) is 27.2. The summed E-state index contributed by atoms with van der Waals surface area (Å²) in [6, 6.07) is 61.3. The lowest BCUT2D eigenvalue weighted by Gasteiger charge is -2.20. The quantitative estimate of drug-likeness (QED) is 0.163. The van der Waals surface area contributed by atoms with Crippen LogP contribution in [0.25, 0.3) is 103 Å². The average Bonchev–Trinajstić information content (AvgIpc) is 3.88. The molecule has 0 saturated heterocycles. The largest absolute Gasteiger partial charge is 0.318 e. The topological polar surface area (TPSA) is 23.5 Å². The minimum atomic E-state index is 0.580. The molecule has 8 aromatic carbocycles. The monoisotopic (exact) mass is 699 g/mol. The Hall–Kier alpha value is -7.86. The predicted octanol–water partition coefficient (Wildman–Crippen LogP) is 13.7. The molecule has 0 N–H and O–H groups in total. The van der Waals surface area contributed by atoms with E-state index in [1.165, 1.54) is 10.8 Å². The highest BCUT2D eigenvalue weighted by Gasteiger charge is 2.23. The van der Waals surface area contributed by atoms with Gasteiger partial charge in [-0.15, -0.1) is 0 Å². The lowest BCUT2D eigenvalue weighted by atomic mass is 9.99. The molecule has 0 bridgehead atoms. The first-order valence-electron chi connectivity index (χ1n) is 18.3. The number of fused-ring (bicyclic) bond motifs is 9. The van der Waals surface area contributed by atoms with Gasteiger partial charge in [-0.3, -0.25) is 0 Å². The fourth-order valence-electron chi connectivity index (χ4n) is 8.80. The van der Waals surface area contributed by atoms with Crippen molar-refractivity contribution in [2.45, 2.75) is 0 Å². The second kappa shape index (κ2) is 11.8. The Labute approximate surface area is 316 Å². The van der Waals surface area contributed by atoms with Gasteiger partial charge in [-0.2, -0.15) is 0 Å². The van der Waals surface area contributed by atoms with Crippen molar-refractivity contribution in [1.82, 2.24) is 13.7 Å². The van der Waals surface area contributed by atoms with Gasteiger partial charge in [0.05, 0.1) is 57.6 Å². The van der Waals surface area contributed by atoms with Crippen LogP contribution in [-0.4, -0.2) is 13.7 Å². The van der Waals surface area contributed by atoms with E-state index in [-0.39, 0.29) is 0 Å². The number of aromatic nitrogens is 3. The van der Waals surface area contributed by atoms with Crippen molar-refractivity contribution in [2.75, 3.05) is 0 Å². The smallest absolute Gasteiger partial charge is 0.211 e. The van der Waals surface area contributed by atoms with Gasteiger partial charge in [0, 0.05) is 38.2 Å². The third-order valence-electron chi connectivity index (χ3n) is 11.1. The maximum absolute atomic E-state index is 8.40. The summed E-state index contributed by atoms with van der Waals surface area (Å²) in [5, 5.41) is 6.80. The summed E-state index contributed by atoms with van der Waals surface area (Å²) in [5.41, 5.74) is 12.5. The number of nitrogens with zero attached hydrogens (tertiary/aromatic N) is 5. The summed E-state index contributed by atoms with van der Waals surface area (Å²) in [6.45, 7) is 16.3. The van der Waals surface area contributed by atoms with Crippen LogP contribution in [0.2, 0.25) is 0 Å². The number of benzene rings is 8. The lowest BCUT2D eigenvalue weighted by molar-refractivity contribution is 1.15. The van der Waals surface area contributed by atoms with Crippen molar-refractivity contribution in [3.8, 4) is 28.2 Å². The highest BCUT2D eigenvalue weighted by atomic mass is 15.0. The second-order valence-electron chi connectivity index (χ2n) is 13.9. The predicted molar refractivity (Wildman–Crippen MR) is 227 cm³/mol. The minimum absolute atomic E-state index is 0.580. The molecule has 0 unspecified atom stereocenters. The van der Waals surface area contributed by atoms with E-state index in [0.717, 1.165) is 82.8 Å². The molecule has 0 fully saturated rings. The molecule has 11 aromatic rings. The van der Waals surface area contributed by atoms with Gasteiger partial charge in [0.15, 0.2) is 5.69 Å². The van der Waals surface area contributed by atoms with Crippen molar-refractivity contribution < 1.29 is 0 Å². The van der Waals surface area contributed by atoms with Crippen LogP contribution >= 0.6 is 0 Å². The molecule has 3 aromatic heterocycles. The SMILES string of the molecule is [C-]#[N+]c1ccc2c(c1)c1ccc(-n3c4ccccc4c4ccccc43)cc1n2-c1ccccc1-c1cccc([N+]#[C-])c1-n1c2ccccc2c2ccccc21. The standard InChI is InChI=1S/C50H29N5/c1-51-32-26-29-48-41(30-32)39-28-27-33(53-43-21-8-3-14-34(43)35-15-4-9-22-44(35)53)31-49(39)54(48)45-23-10-7-18-38(45)40-19-13-20-42(52-2)50(40)55-46-24-11-5-16-36(46)37-17-6-12-25-47(37)55/h3-31H. The molecular formula is C50H29N5. The van der Waals surface area contributed by atoms with E-state index in [1.54, 1.807) is 0 Å². The van der Waals surface area contributed by atoms with Crippen molar-refractivity contribution in [2.24, 2.45) is 0 Å². The number of hydrogen-bond donors (Lipinski definition) is 0. The molecule has 0 saturated carbocycles. The van der Waals surface area contributed by atoms with Crippen LogP contribution in [0.15, 0.2) is 176 Å². The van der Waals surface area contributed by atoms with Crippen molar-refractivity contribution >= 4 is 76.8 Å². The van der Waals surface area contributed by atoms with Gasteiger partial charge in [-0.1, -0.05) is 121 Å². The molecule has 5 heteroatoms. The van der Waals surface area contributed by atoms with Gasteiger partial charge in [0.25, 0.3) is 0 Å². The van der Waals surface area contributed by atoms with Crippen molar-refractivity contribution in [3.05, 3.63) is 199 Å². The molecule has 0 amide bonds. The van der Waals surface area contributed by atoms with Crippen molar-refractivity contribution in [3.63, 3.8) is 0 Å². The molecule has 55 heavy (non-hydrogen) atoms. The van der Waals surface area contributed by atoms with Crippen LogP contribution in [0.5, 0.6) is 0 Å². The molecule has 3 heterocycles. The maximum Gasteiger partial charge on any atom is 0.211 e. The van der Waals surface area contributed by atoms with E-state index in [2.05, 4.69) is 175 Å². The van der Waals surface area contributed by atoms with Gasteiger partial charge in [-0.25, -0.2) is 9.69 Å². The Balaban J connectivity index is 1.24.